The Labute approximate surface area is 101 Å². The van der Waals surface area contributed by atoms with Gasteiger partial charge in [0.2, 0.25) is 4.96 Å². The standard InChI is InChI=1S/C11H10N4OS/c1-6-5-8(3-4-9(6)16)10-14-15-7(2)12-13-11(15)17-10/h3-5,16H,1-2H3. The van der Waals surface area contributed by atoms with Gasteiger partial charge in [0.25, 0.3) is 0 Å². The van der Waals surface area contributed by atoms with E-state index >= 15 is 0 Å². The van der Waals surface area contributed by atoms with E-state index in [1.54, 1.807) is 10.6 Å². The van der Waals surface area contributed by atoms with E-state index in [0.29, 0.717) is 5.75 Å². The number of nitrogens with zero attached hydrogens (tertiary/aromatic N) is 4. The molecule has 2 heterocycles. The number of aromatic hydroxyl groups is 1. The summed E-state index contributed by atoms with van der Waals surface area (Å²) in [4.78, 5) is 0.781. The lowest BCUT2D eigenvalue weighted by atomic mass is 10.1. The molecule has 3 rings (SSSR count). The fourth-order valence-corrected chi connectivity index (χ4v) is 2.50. The highest BCUT2D eigenvalue weighted by molar-refractivity contribution is 7.19. The second-order valence-corrected chi connectivity index (χ2v) is 4.81. The van der Waals surface area contributed by atoms with Crippen molar-refractivity contribution in [3.8, 4) is 16.3 Å². The van der Waals surface area contributed by atoms with Crippen LogP contribution in [0, 0.1) is 13.8 Å². The molecule has 86 valence electrons. The summed E-state index contributed by atoms with van der Waals surface area (Å²) in [5, 5.41) is 22.8. The maximum atomic E-state index is 9.49. The van der Waals surface area contributed by atoms with Gasteiger partial charge in [-0.2, -0.15) is 9.61 Å². The lowest BCUT2D eigenvalue weighted by Crippen LogP contribution is -1.88. The minimum atomic E-state index is 0.299. The molecule has 1 N–H and O–H groups in total. The number of hydrogen-bond donors (Lipinski definition) is 1. The Balaban J connectivity index is 2.16. The van der Waals surface area contributed by atoms with E-state index in [9.17, 15) is 5.11 Å². The van der Waals surface area contributed by atoms with Crippen LogP contribution in [0.5, 0.6) is 5.75 Å². The van der Waals surface area contributed by atoms with Crippen LogP contribution in [0.2, 0.25) is 0 Å². The Hall–Kier alpha value is -1.95. The molecule has 0 bridgehead atoms. The molecule has 0 saturated heterocycles. The normalized spacial score (nSPS) is 11.2. The van der Waals surface area contributed by atoms with Gasteiger partial charge in [0.05, 0.1) is 0 Å². The van der Waals surface area contributed by atoms with E-state index < -0.39 is 0 Å². The second-order valence-electron chi connectivity index (χ2n) is 3.85. The number of hydrogen-bond acceptors (Lipinski definition) is 5. The Bertz CT molecular complexity index is 701. The highest BCUT2D eigenvalue weighted by atomic mass is 32.1. The maximum absolute atomic E-state index is 9.49. The average Bonchev–Trinajstić information content (AvgIpc) is 2.86. The summed E-state index contributed by atoms with van der Waals surface area (Å²) in [5.41, 5.74) is 1.82. The monoisotopic (exact) mass is 246 g/mol. The molecule has 0 amide bonds. The molecule has 2 aromatic heterocycles. The molecule has 6 heteroatoms. The lowest BCUT2D eigenvalue weighted by Gasteiger charge is -2.00. The van der Waals surface area contributed by atoms with Crippen molar-refractivity contribution in [2.24, 2.45) is 0 Å². The van der Waals surface area contributed by atoms with Gasteiger partial charge in [0, 0.05) is 5.56 Å². The van der Waals surface area contributed by atoms with Gasteiger partial charge in [-0.15, -0.1) is 10.2 Å². The van der Waals surface area contributed by atoms with Crippen molar-refractivity contribution in [1.29, 1.82) is 0 Å². The van der Waals surface area contributed by atoms with Crippen LogP contribution in [-0.2, 0) is 0 Å². The summed E-state index contributed by atoms with van der Waals surface area (Å²) >= 11 is 1.48. The summed E-state index contributed by atoms with van der Waals surface area (Å²) in [6.07, 6.45) is 0. The van der Waals surface area contributed by atoms with Crippen molar-refractivity contribution in [2.75, 3.05) is 0 Å². The van der Waals surface area contributed by atoms with E-state index in [2.05, 4.69) is 15.3 Å². The first-order valence-electron chi connectivity index (χ1n) is 5.14. The van der Waals surface area contributed by atoms with Crippen molar-refractivity contribution in [1.82, 2.24) is 19.8 Å². The van der Waals surface area contributed by atoms with Gasteiger partial charge >= 0.3 is 0 Å². The smallest absolute Gasteiger partial charge is 0.234 e. The van der Waals surface area contributed by atoms with Gasteiger partial charge in [0.15, 0.2) is 5.82 Å². The first kappa shape index (κ1) is 10.2. The summed E-state index contributed by atoms with van der Waals surface area (Å²) in [7, 11) is 0. The van der Waals surface area contributed by atoms with Crippen molar-refractivity contribution in [3.63, 3.8) is 0 Å². The van der Waals surface area contributed by atoms with Gasteiger partial charge in [-0.3, -0.25) is 0 Å². The summed E-state index contributed by atoms with van der Waals surface area (Å²) in [5.74, 6) is 1.07. The Morgan fingerprint density at radius 3 is 2.76 bits per heavy atom. The van der Waals surface area contributed by atoms with E-state index in [4.69, 9.17) is 0 Å². The van der Waals surface area contributed by atoms with E-state index in [1.165, 1.54) is 11.3 Å². The highest BCUT2D eigenvalue weighted by Crippen LogP contribution is 2.28. The lowest BCUT2D eigenvalue weighted by molar-refractivity contribution is 0.471. The second kappa shape index (κ2) is 3.53. The van der Waals surface area contributed by atoms with Crippen molar-refractivity contribution < 1.29 is 5.11 Å². The van der Waals surface area contributed by atoms with Crippen LogP contribution in [-0.4, -0.2) is 24.9 Å². The quantitative estimate of drug-likeness (QED) is 0.714. The van der Waals surface area contributed by atoms with Crippen LogP contribution in [0.3, 0.4) is 0 Å². The fourth-order valence-electron chi connectivity index (χ4n) is 1.62. The first-order valence-corrected chi connectivity index (χ1v) is 5.95. The van der Waals surface area contributed by atoms with E-state index in [-0.39, 0.29) is 0 Å². The predicted molar refractivity (Wildman–Crippen MR) is 65.2 cm³/mol. The van der Waals surface area contributed by atoms with E-state index in [1.807, 2.05) is 26.0 Å². The number of rotatable bonds is 1. The summed E-state index contributed by atoms with van der Waals surface area (Å²) in [6.45, 7) is 3.73. The van der Waals surface area contributed by atoms with Crippen LogP contribution < -0.4 is 0 Å². The van der Waals surface area contributed by atoms with Crippen molar-refractivity contribution in [2.45, 2.75) is 13.8 Å². The van der Waals surface area contributed by atoms with Gasteiger partial charge in [0.1, 0.15) is 10.8 Å². The van der Waals surface area contributed by atoms with Gasteiger partial charge in [-0.1, -0.05) is 11.3 Å². The van der Waals surface area contributed by atoms with Gasteiger partial charge in [-0.05, 0) is 37.6 Å². The molecule has 17 heavy (non-hydrogen) atoms. The van der Waals surface area contributed by atoms with Crippen LogP contribution in [0.1, 0.15) is 11.4 Å². The molecular formula is C11H10N4OS. The number of aromatic nitrogens is 4. The van der Waals surface area contributed by atoms with Crippen LogP contribution in [0.15, 0.2) is 18.2 Å². The Kier molecular flexibility index (Phi) is 2.12. The van der Waals surface area contributed by atoms with Crippen molar-refractivity contribution in [3.05, 3.63) is 29.6 Å². The van der Waals surface area contributed by atoms with Crippen molar-refractivity contribution >= 4 is 16.3 Å². The Morgan fingerprint density at radius 2 is 2.06 bits per heavy atom. The first-order chi connectivity index (χ1) is 8.15. The molecular weight excluding hydrogens is 236 g/mol. The molecule has 0 fully saturated rings. The van der Waals surface area contributed by atoms with Crippen LogP contribution in [0.4, 0.5) is 0 Å². The highest BCUT2D eigenvalue weighted by Gasteiger charge is 2.10. The molecule has 0 aliphatic heterocycles. The topological polar surface area (TPSA) is 63.3 Å². The number of benzene rings is 1. The largest absolute Gasteiger partial charge is 0.508 e. The Morgan fingerprint density at radius 1 is 1.24 bits per heavy atom. The molecule has 5 nitrogen and oxygen atoms in total. The maximum Gasteiger partial charge on any atom is 0.234 e. The molecule has 0 unspecified atom stereocenters. The zero-order valence-electron chi connectivity index (χ0n) is 9.38. The predicted octanol–water partition coefficient (Wildman–Crippen LogP) is 2.18. The SMILES string of the molecule is Cc1cc(-c2nn3c(C)nnc3s2)ccc1O. The van der Waals surface area contributed by atoms with E-state index in [0.717, 1.165) is 26.9 Å². The zero-order chi connectivity index (χ0) is 12.0. The third-order valence-electron chi connectivity index (χ3n) is 2.59. The van der Waals surface area contributed by atoms with Gasteiger partial charge in [-0.25, -0.2) is 0 Å². The molecule has 0 radical (unpaired) electrons. The molecule has 0 atom stereocenters. The average molecular weight is 246 g/mol. The molecule has 0 aliphatic rings. The van der Waals surface area contributed by atoms with Crippen LogP contribution >= 0.6 is 11.3 Å². The molecule has 0 spiro atoms. The third kappa shape index (κ3) is 1.57. The van der Waals surface area contributed by atoms with Crippen LogP contribution in [0.25, 0.3) is 15.5 Å². The number of fused-ring (bicyclic) bond motifs is 1. The minimum absolute atomic E-state index is 0.299. The molecule has 3 aromatic rings. The molecule has 0 aliphatic carbocycles. The molecule has 1 aromatic carbocycles. The fraction of sp³-hybridized carbons (Fsp3) is 0.182. The summed E-state index contributed by atoms with van der Waals surface area (Å²) in [6, 6.07) is 5.44. The van der Waals surface area contributed by atoms with Gasteiger partial charge < -0.3 is 5.11 Å². The number of phenolic OH excluding ortho intramolecular Hbond substituents is 1. The number of aryl methyl sites for hydroxylation is 2. The zero-order valence-corrected chi connectivity index (χ0v) is 10.2. The number of phenols is 1. The minimum Gasteiger partial charge on any atom is -0.508 e. The summed E-state index contributed by atoms with van der Waals surface area (Å²) < 4.78 is 1.72. The third-order valence-corrected chi connectivity index (χ3v) is 3.54. The molecule has 0 saturated carbocycles.